The second-order valence-corrected chi connectivity index (χ2v) is 2.99. The number of esters is 1. The van der Waals surface area contributed by atoms with Crippen LogP contribution in [0.5, 0.6) is 0 Å². The highest BCUT2D eigenvalue weighted by Crippen LogP contribution is 2.21. The fourth-order valence-electron chi connectivity index (χ4n) is 1.39. The summed E-state index contributed by atoms with van der Waals surface area (Å²) in [7, 11) is 2.85. The molecule has 0 amide bonds. The van der Waals surface area contributed by atoms with Crippen LogP contribution in [0.15, 0.2) is 11.6 Å². The molecule has 0 aromatic rings. The van der Waals surface area contributed by atoms with Crippen LogP contribution in [0.2, 0.25) is 0 Å². The van der Waals surface area contributed by atoms with Crippen molar-refractivity contribution < 1.29 is 19.4 Å². The van der Waals surface area contributed by atoms with Crippen molar-refractivity contribution in [3.8, 4) is 0 Å². The zero-order chi connectivity index (χ0) is 9.84. The van der Waals surface area contributed by atoms with Crippen molar-refractivity contribution in [2.24, 2.45) is 0 Å². The third-order valence-electron chi connectivity index (χ3n) is 2.17. The number of carbonyl (C=O) groups excluding carboxylic acids is 1. The summed E-state index contributed by atoms with van der Waals surface area (Å²) in [4.78, 5) is 11.1. The first-order valence-electron chi connectivity index (χ1n) is 4.19. The number of methoxy groups -OCH3 is 2. The summed E-state index contributed by atoms with van der Waals surface area (Å²) >= 11 is 0. The molecule has 4 nitrogen and oxygen atoms in total. The van der Waals surface area contributed by atoms with Crippen molar-refractivity contribution in [1.82, 2.24) is 0 Å². The largest absolute Gasteiger partial charge is 0.466 e. The molecule has 0 bridgehead atoms. The third-order valence-corrected chi connectivity index (χ3v) is 2.17. The van der Waals surface area contributed by atoms with Gasteiger partial charge in [0.1, 0.15) is 6.10 Å². The number of aliphatic hydroxyl groups is 1. The summed E-state index contributed by atoms with van der Waals surface area (Å²) in [5, 5.41) is 9.42. The molecular weight excluding hydrogens is 172 g/mol. The van der Waals surface area contributed by atoms with E-state index in [1.54, 1.807) is 6.08 Å². The molecule has 74 valence electrons. The molecule has 0 radical (unpaired) electrons. The minimum absolute atomic E-state index is 0.339. The van der Waals surface area contributed by atoms with Gasteiger partial charge in [0.2, 0.25) is 0 Å². The van der Waals surface area contributed by atoms with Crippen molar-refractivity contribution in [1.29, 1.82) is 0 Å². The lowest BCUT2D eigenvalue weighted by molar-refractivity contribution is -0.136. The van der Waals surface area contributed by atoms with Crippen LogP contribution in [0.25, 0.3) is 0 Å². The molecule has 13 heavy (non-hydrogen) atoms. The summed E-state index contributed by atoms with van der Waals surface area (Å²) in [6, 6.07) is 0. The molecule has 1 N–H and O–H groups in total. The maximum atomic E-state index is 11.1. The van der Waals surface area contributed by atoms with Crippen molar-refractivity contribution in [3.05, 3.63) is 11.6 Å². The Morgan fingerprint density at radius 1 is 1.62 bits per heavy atom. The Hall–Kier alpha value is -0.870. The number of hydrogen-bond donors (Lipinski definition) is 1. The van der Waals surface area contributed by atoms with Gasteiger partial charge >= 0.3 is 5.97 Å². The molecule has 1 rings (SSSR count). The van der Waals surface area contributed by atoms with E-state index in [0.717, 1.165) is 0 Å². The van der Waals surface area contributed by atoms with E-state index >= 15 is 0 Å². The molecular formula is C9H14O4. The average Bonchev–Trinajstić information content (AvgIpc) is 2.17. The molecule has 0 saturated carbocycles. The quantitative estimate of drug-likeness (QED) is 0.628. The molecule has 0 saturated heterocycles. The Labute approximate surface area is 77.1 Å². The molecule has 1 aliphatic carbocycles. The molecule has 2 atom stereocenters. The van der Waals surface area contributed by atoms with E-state index in [9.17, 15) is 9.90 Å². The van der Waals surface area contributed by atoms with Crippen molar-refractivity contribution in [2.75, 3.05) is 14.2 Å². The highest BCUT2D eigenvalue weighted by Gasteiger charge is 2.25. The number of carbonyl (C=O) groups is 1. The van der Waals surface area contributed by atoms with Gasteiger partial charge in [-0.05, 0) is 18.9 Å². The van der Waals surface area contributed by atoms with Gasteiger partial charge in [-0.3, -0.25) is 0 Å². The van der Waals surface area contributed by atoms with E-state index in [0.29, 0.717) is 18.4 Å². The van der Waals surface area contributed by atoms with Gasteiger partial charge in [0.05, 0.1) is 13.2 Å². The number of rotatable bonds is 2. The highest BCUT2D eigenvalue weighted by molar-refractivity contribution is 5.88. The Balaban J connectivity index is 2.71. The van der Waals surface area contributed by atoms with Gasteiger partial charge in [0, 0.05) is 12.7 Å². The van der Waals surface area contributed by atoms with Gasteiger partial charge in [-0.1, -0.05) is 0 Å². The van der Waals surface area contributed by atoms with Gasteiger partial charge in [-0.2, -0.15) is 0 Å². The van der Waals surface area contributed by atoms with Crippen LogP contribution in [0.4, 0.5) is 0 Å². The van der Waals surface area contributed by atoms with E-state index in [-0.39, 0.29) is 12.1 Å². The van der Waals surface area contributed by atoms with E-state index in [1.807, 2.05) is 0 Å². The third kappa shape index (κ3) is 2.29. The van der Waals surface area contributed by atoms with Gasteiger partial charge in [0.25, 0.3) is 0 Å². The molecule has 2 unspecified atom stereocenters. The average molecular weight is 186 g/mol. The molecule has 0 aromatic carbocycles. The Morgan fingerprint density at radius 2 is 2.31 bits per heavy atom. The lowest BCUT2D eigenvalue weighted by atomic mass is 9.95. The first-order chi connectivity index (χ1) is 6.19. The van der Waals surface area contributed by atoms with Crippen molar-refractivity contribution >= 4 is 5.97 Å². The summed E-state index contributed by atoms with van der Waals surface area (Å²) in [6.07, 6.45) is 1.81. The molecule has 0 heterocycles. The Bertz CT molecular complexity index is 222. The molecule has 1 aliphatic rings. The normalized spacial score (nSPS) is 28.1. The minimum Gasteiger partial charge on any atom is -0.466 e. The first kappa shape index (κ1) is 10.2. The number of ether oxygens (including phenoxy) is 2. The predicted octanol–water partition coefficient (Wildman–Crippen LogP) is 0.255. The smallest absolute Gasteiger partial charge is 0.333 e. The zero-order valence-corrected chi connectivity index (χ0v) is 7.82. The topological polar surface area (TPSA) is 55.8 Å². The second-order valence-electron chi connectivity index (χ2n) is 2.99. The summed E-state index contributed by atoms with van der Waals surface area (Å²) in [5.41, 5.74) is 0.583. The molecule has 0 aliphatic heterocycles. The van der Waals surface area contributed by atoms with Crippen LogP contribution >= 0.6 is 0 Å². The van der Waals surface area contributed by atoms with Crippen LogP contribution in [0.1, 0.15) is 12.8 Å². The summed E-state index contributed by atoms with van der Waals surface area (Å²) in [6.45, 7) is 0. The summed E-state index contributed by atoms with van der Waals surface area (Å²) < 4.78 is 9.57. The van der Waals surface area contributed by atoms with E-state index in [1.165, 1.54) is 14.2 Å². The Morgan fingerprint density at radius 3 is 2.85 bits per heavy atom. The van der Waals surface area contributed by atoms with Crippen LogP contribution in [-0.2, 0) is 14.3 Å². The molecule has 0 spiro atoms. The lowest BCUT2D eigenvalue weighted by Gasteiger charge is -2.24. The maximum absolute atomic E-state index is 11.1. The summed E-state index contributed by atoms with van der Waals surface area (Å²) in [5.74, 6) is -0.339. The number of aliphatic hydroxyl groups excluding tert-OH is 1. The van der Waals surface area contributed by atoms with E-state index < -0.39 is 6.10 Å². The van der Waals surface area contributed by atoms with Gasteiger partial charge in [-0.25, -0.2) is 4.79 Å². The lowest BCUT2D eigenvalue weighted by Crippen LogP contribution is -2.31. The van der Waals surface area contributed by atoms with E-state index in [4.69, 9.17) is 4.74 Å². The van der Waals surface area contributed by atoms with Crippen LogP contribution in [0, 0.1) is 0 Å². The molecule has 0 fully saturated rings. The maximum Gasteiger partial charge on any atom is 0.333 e. The molecule has 4 heteroatoms. The van der Waals surface area contributed by atoms with Crippen LogP contribution in [-0.4, -0.2) is 37.5 Å². The SMILES string of the molecule is COC(=O)C1=CC(OC)C(O)CC1. The Kier molecular flexibility index (Phi) is 3.45. The van der Waals surface area contributed by atoms with E-state index in [2.05, 4.69) is 4.74 Å². The van der Waals surface area contributed by atoms with Gasteiger partial charge < -0.3 is 14.6 Å². The van der Waals surface area contributed by atoms with Crippen LogP contribution in [0.3, 0.4) is 0 Å². The zero-order valence-electron chi connectivity index (χ0n) is 7.82. The molecule has 0 aromatic heterocycles. The highest BCUT2D eigenvalue weighted by atomic mass is 16.5. The first-order valence-corrected chi connectivity index (χ1v) is 4.19. The second kappa shape index (κ2) is 4.39. The van der Waals surface area contributed by atoms with Crippen molar-refractivity contribution in [3.63, 3.8) is 0 Å². The number of hydrogen-bond acceptors (Lipinski definition) is 4. The fourth-order valence-corrected chi connectivity index (χ4v) is 1.39. The van der Waals surface area contributed by atoms with Gasteiger partial charge in [-0.15, -0.1) is 0 Å². The van der Waals surface area contributed by atoms with Gasteiger partial charge in [0.15, 0.2) is 0 Å². The fraction of sp³-hybridized carbons (Fsp3) is 0.667. The monoisotopic (exact) mass is 186 g/mol. The minimum atomic E-state index is -0.515. The predicted molar refractivity (Wildman–Crippen MR) is 46.1 cm³/mol. The van der Waals surface area contributed by atoms with Crippen molar-refractivity contribution in [2.45, 2.75) is 25.0 Å². The van der Waals surface area contributed by atoms with Crippen LogP contribution < -0.4 is 0 Å². The standard InChI is InChI=1S/C9H14O4/c1-12-8-5-6(9(11)13-2)3-4-7(8)10/h5,7-8,10H,3-4H2,1-2H3.